The average molecular weight is 398 g/mol. The molecule has 2 heterocycles. The van der Waals surface area contributed by atoms with Crippen LogP contribution in [0.2, 0.25) is 0 Å². The van der Waals surface area contributed by atoms with Crippen LogP contribution in [0.25, 0.3) is 16.8 Å². The van der Waals surface area contributed by atoms with E-state index in [0.717, 1.165) is 53.0 Å². The van der Waals surface area contributed by atoms with Gasteiger partial charge in [0.05, 0.1) is 11.9 Å². The molecule has 0 saturated heterocycles. The Morgan fingerprint density at radius 1 is 1.13 bits per heavy atom. The van der Waals surface area contributed by atoms with Crippen LogP contribution in [0.15, 0.2) is 67.0 Å². The van der Waals surface area contributed by atoms with Crippen LogP contribution in [0.1, 0.15) is 30.1 Å². The smallest absolute Gasteiger partial charge is 0.150 e. The molecule has 1 fully saturated rings. The van der Waals surface area contributed by atoms with E-state index in [1.807, 2.05) is 65.2 Å². The molecule has 0 atom stereocenters. The highest BCUT2D eigenvalue weighted by atomic mass is 16.5. The normalized spacial score (nSPS) is 18.1. The summed E-state index contributed by atoms with van der Waals surface area (Å²) in [5.41, 5.74) is 9.82. The largest absolute Gasteiger partial charge is 0.489 e. The number of aldehydes is 1. The number of nitrogens with two attached hydrogens (primary N) is 1. The van der Waals surface area contributed by atoms with E-state index in [-0.39, 0.29) is 11.8 Å². The van der Waals surface area contributed by atoms with Crippen LogP contribution in [0.4, 0.5) is 5.82 Å². The Balaban J connectivity index is 1.43. The molecule has 2 aromatic carbocycles. The van der Waals surface area contributed by atoms with Crippen molar-refractivity contribution in [3.63, 3.8) is 0 Å². The number of aromatic nitrogens is 3. The minimum absolute atomic E-state index is 0.138. The van der Waals surface area contributed by atoms with Crippen LogP contribution in [-0.2, 0) is 11.4 Å². The lowest BCUT2D eigenvalue weighted by Crippen LogP contribution is -2.24. The van der Waals surface area contributed by atoms with Crippen LogP contribution in [-0.4, -0.2) is 20.7 Å². The van der Waals surface area contributed by atoms with Gasteiger partial charge >= 0.3 is 0 Å². The van der Waals surface area contributed by atoms with E-state index in [1.54, 1.807) is 6.20 Å². The van der Waals surface area contributed by atoms with Crippen molar-refractivity contribution in [1.29, 1.82) is 0 Å². The summed E-state index contributed by atoms with van der Waals surface area (Å²) in [7, 11) is 0. The zero-order valence-electron chi connectivity index (χ0n) is 16.4. The van der Waals surface area contributed by atoms with Crippen molar-refractivity contribution in [3.8, 4) is 17.0 Å². The molecular weight excluding hydrogens is 376 g/mol. The number of anilines is 1. The lowest BCUT2D eigenvalue weighted by atomic mass is 9.75. The Morgan fingerprint density at radius 2 is 1.97 bits per heavy atom. The first kappa shape index (κ1) is 18.4. The van der Waals surface area contributed by atoms with E-state index in [0.29, 0.717) is 12.4 Å². The number of carbonyl (C=O) groups excluding carboxylic acids is 1. The third-order valence-corrected chi connectivity index (χ3v) is 5.69. The molecule has 0 unspecified atom stereocenters. The molecule has 1 aliphatic carbocycles. The van der Waals surface area contributed by atoms with E-state index in [9.17, 15) is 4.79 Å². The zero-order valence-corrected chi connectivity index (χ0v) is 16.4. The van der Waals surface area contributed by atoms with Crippen molar-refractivity contribution in [2.45, 2.75) is 25.4 Å². The van der Waals surface area contributed by atoms with Crippen molar-refractivity contribution in [3.05, 3.63) is 78.4 Å². The van der Waals surface area contributed by atoms with Gasteiger partial charge in [0.2, 0.25) is 0 Å². The fourth-order valence-corrected chi connectivity index (χ4v) is 3.95. The molecule has 2 N–H and O–H groups in total. The van der Waals surface area contributed by atoms with Gasteiger partial charge in [-0.3, -0.25) is 4.40 Å². The van der Waals surface area contributed by atoms with Crippen LogP contribution in [0.5, 0.6) is 5.75 Å². The van der Waals surface area contributed by atoms with Gasteiger partial charge in [0.1, 0.15) is 35.8 Å². The van der Waals surface area contributed by atoms with E-state index < -0.39 is 0 Å². The SMILES string of the molecule is Nc1nc(-c2cccc(OCc3ccccc3)c2)cn2c(C3CC(C=O)C3)ncc12. The number of carbonyl (C=O) groups is 1. The Kier molecular flexibility index (Phi) is 4.67. The molecule has 6 heteroatoms. The molecule has 150 valence electrons. The third-order valence-electron chi connectivity index (χ3n) is 5.69. The summed E-state index contributed by atoms with van der Waals surface area (Å²) < 4.78 is 7.97. The van der Waals surface area contributed by atoms with Gasteiger partial charge in [-0.1, -0.05) is 42.5 Å². The van der Waals surface area contributed by atoms with Crippen molar-refractivity contribution in [2.75, 3.05) is 5.73 Å². The van der Waals surface area contributed by atoms with Crippen LogP contribution in [0.3, 0.4) is 0 Å². The Morgan fingerprint density at radius 3 is 2.77 bits per heavy atom. The second kappa shape index (κ2) is 7.63. The molecular formula is C24H22N4O2. The number of rotatable bonds is 6. The predicted molar refractivity (Wildman–Crippen MR) is 115 cm³/mol. The van der Waals surface area contributed by atoms with Crippen molar-refractivity contribution in [1.82, 2.24) is 14.4 Å². The molecule has 2 aromatic heterocycles. The molecule has 1 aliphatic rings. The van der Waals surface area contributed by atoms with E-state index >= 15 is 0 Å². The lowest BCUT2D eigenvalue weighted by molar-refractivity contribution is -0.113. The first-order valence-corrected chi connectivity index (χ1v) is 10.1. The quantitative estimate of drug-likeness (QED) is 0.491. The Labute approximate surface area is 174 Å². The standard InChI is InChI=1S/C24H22N4O2/c25-23-22-12-26-24(19-9-17(10-19)14-29)28(22)13-21(27-23)18-7-4-8-20(11-18)30-15-16-5-2-1-3-6-16/h1-8,11-14,17,19H,9-10,15H2,(H2,25,27). The van der Waals surface area contributed by atoms with Crippen molar-refractivity contribution < 1.29 is 9.53 Å². The van der Waals surface area contributed by atoms with Gasteiger partial charge in [-0.15, -0.1) is 0 Å². The summed E-state index contributed by atoms with van der Waals surface area (Å²) in [6.07, 6.45) is 6.44. The second-order valence-corrected chi connectivity index (χ2v) is 7.75. The summed E-state index contributed by atoms with van der Waals surface area (Å²) in [5, 5.41) is 0. The number of ether oxygens (including phenoxy) is 1. The van der Waals surface area contributed by atoms with E-state index in [4.69, 9.17) is 10.5 Å². The average Bonchev–Trinajstić information content (AvgIpc) is 3.17. The number of fused-ring (bicyclic) bond motifs is 1. The number of hydrogen-bond acceptors (Lipinski definition) is 5. The summed E-state index contributed by atoms with van der Waals surface area (Å²) in [5.74, 6) is 2.57. The highest BCUT2D eigenvalue weighted by Crippen LogP contribution is 2.40. The first-order chi connectivity index (χ1) is 14.7. The number of nitrogen functional groups attached to an aromatic ring is 1. The number of benzene rings is 2. The molecule has 30 heavy (non-hydrogen) atoms. The summed E-state index contributed by atoms with van der Waals surface area (Å²) in [4.78, 5) is 20.1. The van der Waals surface area contributed by atoms with Gasteiger partial charge in [0.25, 0.3) is 0 Å². The summed E-state index contributed by atoms with van der Waals surface area (Å²) in [6, 6.07) is 17.9. The third kappa shape index (κ3) is 3.41. The van der Waals surface area contributed by atoms with Gasteiger partial charge in [0, 0.05) is 23.6 Å². The van der Waals surface area contributed by atoms with Crippen molar-refractivity contribution in [2.24, 2.45) is 5.92 Å². The van der Waals surface area contributed by atoms with Gasteiger partial charge < -0.3 is 15.3 Å². The lowest BCUT2D eigenvalue weighted by Gasteiger charge is -2.30. The molecule has 1 saturated carbocycles. The fourth-order valence-electron chi connectivity index (χ4n) is 3.95. The maximum absolute atomic E-state index is 11.0. The molecule has 5 rings (SSSR count). The second-order valence-electron chi connectivity index (χ2n) is 7.75. The van der Waals surface area contributed by atoms with Gasteiger partial charge in [-0.2, -0.15) is 0 Å². The molecule has 6 nitrogen and oxygen atoms in total. The topological polar surface area (TPSA) is 82.5 Å². The number of imidazole rings is 1. The molecule has 0 spiro atoms. The molecule has 4 aromatic rings. The van der Waals surface area contributed by atoms with Gasteiger partial charge in [-0.05, 0) is 30.5 Å². The Hall–Kier alpha value is -3.67. The summed E-state index contributed by atoms with van der Waals surface area (Å²) in [6.45, 7) is 0.504. The van der Waals surface area contributed by atoms with Crippen LogP contribution in [0, 0.1) is 5.92 Å². The van der Waals surface area contributed by atoms with Gasteiger partial charge in [0.15, 0.2) is 0 Å². The van der Waals surface area contributed by atoms with E-state index in [2.05, 4.69) is 9.97 Å². The summed E-state index contributed by atoms with van der Waals surface area (Å²) >= 11 is 0. The molecule has 0 aliphatic heterocycles. The minimum Gasteiger partial charge on any atom is -0.489 e. The first-order valence-electron chi connectivity index (χ1n) is 10.1. The minimum atomic E-state index is 0.138. The molecule has 0 amide bonds. The van der Waals surface area contributed by atoms with E-state index in [1.165, 1.54) is 0 Å². The van der Waals surface area contributed by atoms with Gasteiger partial charge in [-0.25, -0.2) is 9.97 Å². The molecule has 0 radical (unpaired) electrons. The van der Waals surface area contributed by atoms with Crippen LogP contribution < -0.4 is 10.5 Å². The highest BCUT2D eigenvalue weighted by Gasteiger charge is 2.33. The maximum atomic E-state index is 11.0. The number of hydrogen-bond donors (Lipinski definition) is 1. The predicted octanol–water partition coefficient (Wildman–Crippen LogP) is 4.25. The molecule has 0 bridgehead atoms. The monoisotopic (exact) mass is 398 g/mol. The maximum Gasteiger partial charge on any atom is 0.150 e. The zero-order chi connectivity index (χ0) is 20.5. The Bertz CT molecular complexity index is 1200. The number of nitrogens with zero attached hydrogens (tertiary/aromatic N) is 3. The fraction of sp³-hybridized carbons (Fsp3) is 0.208. The van der Waals surface area contributed by atoms with Crippen LogP contribution >= 0.6 is 0 Å². The van der Waals surface area contributed by atoms with Crippen molar-refractivity contribution >= 4 is 17.6 Å². The highest BCUT2D eigenvalue weighted by molar-refractivity contribution is 5.71.